The molecule has 108 valence electrons. The molecule has 2 rings (SSSR count). The molecule has 19 heavy (non-hydrogen) atoms. The summed E-state index contributed by atoms with van der Waals surface area (Å²) in [4.78, 5) is 0.107. The number of rotatable bonds is 4. The SMILES string of the molecule is CN(CC1CCCNC1)S(=O)(=O)c1cc(Cl)sc1Cl. The van der Waals surface area contributed by atoms with Gasteiger partial charge in [-0.05, 0) is 37.9 Å². The third kappa shape index (κ3) is 3.62. The van der Waals surface area contributed by atoms with Gasteiger partial charge in [0.25, 0.3) is 0 Å². The molecule has 0 amide bonds. The van der Waals surface area contributed by atoms with E-state index in [0.29, 0.717) is 16.8 Å². The molecule has 0 aliphatic carbocycles. The van der Waals surface area contributed by atoms with Crippen LogP contribution in [0.4, 0.5) is 0 Å². The van der Waals surface area contributed by atoms with E-state index >= 15 is 0 Å². The fourth-order valence-electron chi connectivity index (χ4n) is 2.21. The lowest BCUT2D eigenvalue weighted by Gasteiger charge is -2.27. The minimum absolute atomic E-state index is 0.107. The average molecular weight is 343 g/mol. The lowest BCUT2D eigenvalue weighted by atomic mass is 10.00. The molecule has 1 fully saturated rings. The van der Waals surface area contributed by atoms with E-state index in [1.165, 1.54) is 10.4 Å². The van der Waals surface area contributed by atoms with Gasteiger partial charge in [-0.1, -0.05) is 23.2 Å². The molecule has 1 aromatic rings. The van der Waals surface area contributed by atoms with Crippen LogP contribution in [0.5, 0.6) is 0 Å². The standard InChI is InChI=1S/C11H16Cl2N2O2S2/c1-15(7-8-3-2-4-14-6-8)19(16,17)9-5-10(12)18-11(9)13/h5,8,14H,2-4,6-7H2,1H3. The van der Waals surface area contributed by atoms with Crippen LogP contribution in [0, 0.1) is 5.92 Å². The molecule has 0 bridgehead atoms. The second-order valence-electron chi connectivity index (χ2n) is 4.69. The Morgan fingerprint density at radius 2 is 2.26 bits per heavy atom. The van der Waals surface area contributed by atoms with Crippen molar-refractivity contribution in [2.24, 2.45) is 5.92 Å². The second kappa shape index (κ2) is 6.28. The van der Waals surface area contributed by atoms with Crippen molar-refractivity contribution in [3.05, 3.63) is 14.7 Å². The van der Waals surface area contributed by atoms with Gasteiger partial charge in [0, 0.05) is 13.6 Å². The molecule has 4 nitrogen and oxygen atoms in total. The van der Waals surface area contributed by atoms with Gasteiger partial charge in [0.2, 0.25) is 10.0 Å². The van der Waals surface area contributed by atoms with Gasteiger partial charge in [-0.3, -0.25) is 0 Å². The summed E-state index contributed by atoms with van der Waals surface area (Å²) in [5.74, 6) is 0.349. The zero-order chi connectivity index (χ0) is 14.0. The molecule has 2 heterocycles. The number of halogens is 2. The Labute approximate surface area is 127 Å². The largest absolute Gasteiger partial charge is 0.316 e. The van der Waals surface area contributed by atoms with Crippen molar-refractivity contribution in [2.75, 3.05) is 26.7 Å². The number of nitrogens with zero attached hydrogens (tertiary/aromatic N) is 1. The molecule has 0 radical (unpaired) electrons. The van der Waals surface area contributed by atoms with Crippen LogP contribution < -0.4 is 5.32 Å². The molecular weight excluding hydrogens is 327 g/mol. The number of nitrogens with one attached hydrogen (secondary N) is 1. The number of thiophene rings is 1. The number of piperidine rings is 1. The molecule has 1 aliphatic rings. The molecule has 1 aliphatic heterocycles. The first-order valence-electron chi connectivity index (χ1n) is 6.03. The van der Waals surface area contributed by atoms with Crippen molar-refractivity contribution in [3.63, 3.8) is 0 Å². The van der Waals surface area contributed by atoms with Gasteiger partial charge in [-0.2, -0.15) is 0 Å². The smallest absolute Gasteiger partial charge is 0.245 e. The molecule has 1 aromatic heterocycles. The van der Waals surface area contributed by atoms with Crippen molar-refractivity contribution >= 4 is 44.6 Å². The Morgan fingerprint density at radius 1 is 1.53 bits per heavy atom. The van der Waals surface area contributed by atoms with E-state index in [2.05, 4.69) is 5.32 Å². The third-order valence-corrected chi connectivity index (χ3v) is 6.80. The Bertz CT molecular complexity index is 539. The highest BCUT2D eigenvalue weighted by Crippen LogP contribution is 2.35. The minimum atomic E-state index is -3.55. The van der Waals surface area contributed by atoms with Crippen molar-refractivity contribution < 1.29 is 8.42 Å². The maximum absolute atomic E-state index is 12.4. The predicted molar refractivity (Wildman–Crippen MR) is 79.7 cm³/mol. The van der Waals surface area contributed by atoms with Crippen molar-refractivity contribution in [1.82, 2.24) is 9.62 Å². The number of hydrogen-bond acceptors (Lipinski definition) is 4. The fraction of sp³-hybridized carbons (Fsp3) is 0.636. The van der Waals surface area contributed by atoms with Gasteiger partial charge >= 0.3 is 0 Å². The Morgan fingerprint density at radius 3 is 2.79 bits per heavy atom. The molecule has 1 atom stereocenters. The topological polar surface area (TPSA) is 49.4 Å². The summed E-state index contributed by atoms with van der Waals surface area (Å²) in [6.07, 6.45) is 2.13. The van der Waals surface area contributed by atoms with E-state index in [4.69, 9.17) is 23.2 Å². The first kappa shape index (κ1) is 15.5. The summed E-state index contributed by atoms with van der Waals surface area (Å²) in [5, 5.41) is 3.28. The monoisotopic (exact) mass is 342 g/mol. The normalized spacial score (nSPS) is 20.9. The molecule has 1 saturated heterocycles. The lowest BCUT2D eigenvalue weighted by molar-refractivity contribution is 0.315. The van der Waals surface area contributed by atoms with Gasteiger partial charge in [0.15, 0.2) is 0 Å². The highest BCUT2D eigenvalue weighted by atomic mass is 35.5. The van der Waals surface area contributed by atoms with Crippen LogP contribution in [-0.2, 0) is 10.0 Å². The molecule has 1 unspecified atom stereocenters. The summed E-state index contributed by atoms with van der Waals surface area (Å²) in [7, 11) is -1.96. The number of hydrogen-bond donors (Lipinski definition) is 1. The zero-order valence-corrected chi connectivity index (χ0v) is 13.7. The van der Waals surface area contributed by atoms with Crippen LogP contribution in [0.25, 0.3) is 0 Å². The second-order valence-corrected chi connectivity index (χ2v) is 8.99. The van der Waals surface area contributed by atoms with Gasteiger partial charge in [-0.25, -0.2) is 12.7 Å². The van der Waals surface area contributed by atoms with Crippen LogP contribution in [0.15, 0.2) is 11.0 Å². The molecule has 1 N–H and O–H groups in total. The summed E-state index contributed by atoms with van der Waals surface area (Å²) in [6, 6.07) is 1.42. The molecular formula is C11H16Cl2N2O2S2. The van der Waals surface area contributed by atoms with E-state index in [1.54, 1.807) is 7.05 Å². The Balaban J connectivity index is 2.12. The summed E-state index contributed by atoms with van der Waals surface area (Å²) < 4.78 is 26.8. The van der Waals surface area contributed by atoms with Crippen LogP contribution in [-0.4, -0.2) is 39.4 Å². The Kier molecular flexibility index (Phi) is 5.14. The molecule has 0 spiro atoms. The lowest BCUT2D eigenvalue weighted by Crippen LogP contribution is -2.39. The van der Waals surface area contributed by atoms with E-state index < -0.39 is 10.0 Å². The van der Waals surface area contributed by atoms with E-state index in [-0.39, 0.29) is 9.23 Å². The van der Waals surface area contributed by atoms with E-state index in [0.717, 1.165) is 37.3 Å². The van der Waals surface area contributed by atoms with Gasteiger partial charge in [-0.15, -0.1) is 11.3 Å². The first-order chi connectivity index (χ1) is 8.91. The minimum Gasteiger partial charge on any atom is -0.316 e. The summed E-state index contributed by atoms with van der Waals surface area (Å²) in [6.45, 7) is 2.37. The Hall–Kier alpha value is 0.150. The van der Waals surface area contributed by atoms with Gasteiger partial charge in [0.05, 0.1) is 4.34 Å². The van der Waals surface area contributed by atoms with Gasteiger partial charge < -0.3 is 5.32 Å². The van der Waals surface area contributed by atoms with Crippen molar-refractivity contribution in [1.29, 1.82) is 0 Å². The third-order valence-electron chi connectivity index (χ3n) is 3.23. The van der Waals surface area contributed by atoms with Crippen molar-refractivity contribution in [3.8, 4) is 0 Å². The van der Waals surface area contributed by atoms with E-state index in [1.807, 2.05) is 0 Å². The van der Waals surface area contributed by atoms with Crippen LogP contribution in [0.1, 0.15) is 12.8 Å². The quantitative estimate of drug-likeness (QED) is 0.914. The number of sulfonamides is 1. The maximum atomic E-state index is 12.4. The van der Waals surface area contributed by atoms with E-state index in [9.17, 15) is 8.42 Å². The first-order valence-corrected chi connectivity index (χ1v) is 9.04. The van der Waals surface area contributed by atoms with Gasteiger partial charge in [0.1, 0.15) is 9.23 Å². The van der Waals surface area contributed by atoms with Crippen molar-refractivity contribution in [2.45, 2.75) is 17.7 Å². The van der Waals surface area contributed by atoms with Crippen LogP contribution in [0.2, 0.25) is 8.67 Å². The zero-order valence-electron chi connectivity index (χ0n) is 10.5. The molecule has 0 saturated carbocycles. The maximum Gasteiger partial charge on any atom is 0.245 e. The highest BCUT2D eigenvalue weighted by Gasteiger charge is 2.28. The summed E-state index contributed by atoms with van der Waals surface area (Å²) in [5.41, 5.74) is 0. The molecule has 0 aromatic carbocycles. The van der Waals surface area contributed by atoms with Crippen LogP contribution >= 0.6 is 34.5 Å². The predicted octanol–water partition coefficient (Wildman–Crippen LogP) is 2.67. The fourth-order valence-corrected chi connectivity index (χ4v) is 5.57. The van der Waals surface area contributed by atoms with Crippen LogP contribution in [0.3, 0.4) is 0 Å². The summed E-state index contributed by atoms with van der Waals surface area (Å²) >= 11 is 12.8. The highest BCUT2D eigenvalue weighted by molar-refractivity contribution is 7.89. The average Bonchev–Trinajstić information content (AvgIpc) is 2.70. The molecule has 8 heteroatoms.